The molecule has 0 saturated heterocycles. The van der Waals surface area contributed by atoms with Crippen molar-refractivity contribution in [1.29, 1.82) is 0 Å². The summed E-state index contributed by atoms with van der Waals surface area (Å²) >= 11 is 7.24. The summed E-state index contributed by atoms with van der Waals surface area (Å²) in [5, 5.41) is 14.2. The molecule has 0 aliphatic rings. The first-order valence-corrected chi connectivity index (χ1v) is 6.70. The van der Waals surface area contributed by atoms with Crippen LogP contribution in [-0.2, 0) is 13.0 Å². The Hall–Kier alpha value is -0.910. The summed E-state index contributed by atoms with van der Waals surface area (Å²) in [6, 6.07) is 3.64. The summed E-state index contributed by atoms with van der Waals surface area (Å²) in [7, 11) is 0. The molecule has 1 N–H and O–H groups in total. The van der Waals surface area contributed by atoms with Crippen molar-refractivity contribution in [2.45, 2.75) is 32.4 Å². The highest BCUT2D eigenvalue weighted by atomic mass is 35.5. The number of aromatic nitrogens is 3. The lowest BCUT2D eigenvalue weighted by Crippen LogP contribution is -2.09. The lowest BCUT2D eigenvalue weighted by atomic mass is 10.2. The van der Waals surface area contributed by atoms with Gasteiger partial charge in [0.1, 0.15) is 12.2 Å². The smallest absolute Gasteiger partial charge is 0.138 e. The van der Waals surface area contributed by atoms with Crippen LogP contribution >= 0.6 is 22.9 Å². The van der Waals surface area contributed by atoms with Crippen LogP contribution in [0.15, 0.2) is 18.5 Å². The summed E-state index contributed by atoms with van der Waals surface area (Å²) in [6.07, 6.45) is 2.43. The summed E-state index contributed by atoms with van der Waals surface area (Å²) < 4.78 is 2.52. The Morgan fingerprint density at radius 3 is 3.00 bits per heavy atom. The molecule has 0 radical (unpaired) electrons. The van der Waals surface area contributed by atoms with Crippen LogP contribution in [0.3, 0.4) is 0 Å². The SMILES string of the molecule is CCCn1ncnc1CC(O)c1ccc(Cl)s1. The second-order valence-corrected chi connectivity index (χ2v) is 5.51. The van der Waals surface area contributed by atoms with Crippen LogP contribution in [0.25, 0.3) is 0 Å². The fourth-order valence-electron chi connectivity index (χ4n) is 1.63. The molecule has 92 valence electrons. The molecule has 6 heteroatoms. The molecule has 0 amide bonds. The number of aryl methyl sites for hydroxylation is 1. The largest absolute Gasteiger partial charge is 0.387 e. The fraction of sp³-hybridized carbons (Fsp3) is 0.455. The Morgan fingerprint density at radius 1 is 1.53 bits per heavy atom. The second-order valence-electron chi connectivity index (χ2n) is 3.76. The Bertz CT molecular complexity index is 483. The minimum Gasteiger partial charge on any atom is -0.387 e. The van der Waals surface area contributed by atoms with E-state index >= 15 is 0 Å². The van der Waals surface area contributed by atoms with Crippen molar-refractivity contribution in [3.8, 4) is 0 Å². The van der Waals surface area contributed by atoms with Crippen LogP contribution in [0.2, 0.25) is 4.34 Å². The minimum absolute atomic E-state index is 0.469. The first-order valence-electron chi connectivity index (χ1n) is 5.50. The predicted molar refractivity (Wildman–Crippen MR) is 68.3 cm³/mol. The van der Waals surface area contributed by atoms with Crippen molar-refractivity contribution in [1.82, 2.24) is 14.8 Å². The third-order valence-corrected chi connectivity index (χ3v) is 3.76. The zero-order valence-corrected chi connectivity index (χ0v) is 11.1. The third-order valence-electron chi connectivity index (χ3n) is 2.43. The van der Waals surface area contributed by atoms with Crippen LogP contribution in [0, 0.1) is 0 Å². The van der Waals surface area contributed by atoms with Crippen LogP contribution in [-0.4, -0.2) is 19.9 Å². The molecule has 0 bridgehead atoms. The molecule has 4 nitrogen and oxygen atoms in total. The molecule has 0 spiro atoms. The molecule has 17 heavy (non-hydrogen) atoms. The molecule has 2 aromatic rings. The van der Waals surface area contributed by atoms with Gasteiger partial charge in [-0.05, 0) is 18.6 Å². The van der Waals surface area contributed by atoms with Crippen molar-refractivity contribution in [2.75, 3.05) is 0 Å². The van der Waals surface area contributed by atoms with Gasteiger partial charge < -0.3 is 5.11 Å². The highest BCUT2D eigenvalue weighted by molar-refractivity contribution is 7.16. The van der Waals surface area contributed by atoms with Crippen molar-refractivity contribution < 1.29 is 5.11 Å². The summed E-state index contributed by atoms with van der Waals surface area (Å²) in [4.78, 5) is 5.03. The van der Waals surface area contributed by atoms with Crippen molar-refractivity contribution in [3.05, 3.63) is 33.5 Å². The lowest BCUT2D eigenvalue weighted by molar-refractivity contribution is 0.177. The van der Waals surface area contributed by atoms with Gasteiger partial charge in [-0.15, -0.1) is 11.3 Å². The Balaban J connectivity index is 2.07. The number of halogens is 1. The van der Waals surface area contributed by atoms with Crippen LogP contribution < -0.4 is 0 Å². The fourth-order valence-corrected chi connectivity index (χ4v) is 2.67. The van der Waals surface area contributed by atoms with Gasteiger partial charge in [-0.1, -0.05) is 18.5 Å². The van der Waals surface area contributed by atoms with Gasteiger partial charge in [-0.25, -0.2) is 4.98 Å². The average molecular weight is 272 g/mol. The average Bonchev–Trinajstić information content (AvgIpc) is 2.89. The third kappa shape index (κ3) is 3.06. The zero-order chi connectivity index (χ0) is 12.3. The number of hydrogen-bond acceptors (Lipinski definition) is 4. The molecule has 2 aromatic heterocycles. The first-order chi connectivity index (χ1) is 8.20. The number of hydrogen-bond donors (Lipinski definition) is 1. The number of thiophene rings is 1. The van der Waals surface area contributed by atoms with Crippen molar-refractivity contribution in [3.63, 3.8) is 0 Å². The maximum absolute atomic E-state index is 10.1. The van der Waals surface area contributed by atoms with Gasteiger partial charge in [0.25, 0.3) is 0 Å². The molecule has 1 unspecified atom stereocenters. The van der Waals surface area contributed by atoms with E-state index in [-0.39, 0.29) is 0 Å². The maximum Gasteiger partial charge on any atom is 0.138 e. The maximum atomic E-state index is 10.1. The van der Waals surface area contributed by atoms with Crippen molar-refractivity contribution in [2.24, 2.45) is 0 Å². The van der Waals surface area contributed by atoms with Crippen LogP contribution in [0.1, 0.15) is 30.2 Å². The molecule has 0 aromatic carbocycles. The van der Waals surface area contributed by atoms with Gasteiger partial charge in [0.15, 0.2) is 0 Å². The van der Waals surface area contributed by atoms with Crippen LogP contribution in [0.5, 0.6) is 0 Å². The van der Waals surface area contributed by atoms with Gasteiger partial charge in [0.2, 0.25) is 0 Å². The molecular weight excluding hydrogens is 258 g/mol. The first kappa shape index (κ1) is 12.5. The van der Waals surface area contributed by atoms with Crippen LogP contribution in [0.4, 0.5) is 0 Å². The van der Waals surface area contributed by atoms with Gasteiger partial charge in [0.05, 0.1) is 10.4 Å². The predicted octanol–water partition coefficient (Wildman–Crippen LogP) is 2.68. The molecule has 0 aliphatic carbocycles. The molecule has 2 rings (SSSR count). The molecule has 0 saturated carbocycles. The van der Waals surface area contributed by atoms with Crippen molar-refractivity contribution >= 4 is 22.9 Å². The number of aliphatic hydroxyl groups excluding tert-OH is 1. The highest BCUT2D eigenvalue weighted by Crippen LogP contribution is 2.28. The van der Waals surface area contributed by atoms with E-state index < -0.39 is 6.10 Å². The Morgan fingerprint density at radius 2 is 2.35 bits per heavy atom. The highest BCUT2D eigenvalue weighted by Gasteiger charge is 2.14. The lowest BCUT2D eigenvalue weighted by Gasteiger charge is -2.09. The molecule has 2 heterocycles. The van der Waals surface area contributed by atoms with E-state index in [0.717, 1.165) is 23.7 Å². The number of nitrogens with zero attached hydrogens (tertiary/aromatic N) is 3. The molecule has 0 fully saturated rings. The standard InChI is InChI=1S/C11H14ClN3OS/c1-2-5-15-11(13-7-14-15)6-8(16)9-3-4-10(12)17-9/h3-4,7-8,16H,2,5-6H2,1H3. The van der Waals surface area contributed by atoms with E-state index in [4.69, 9.17) is 11.6 Å². The van der Waals surface area contributed by atoms with E-state index in [1.54, 1.807) is 6.07 Å². The van der Waals surface area contributed by atoms with Gasteiger partial charge in [0, 0.05) is 17.8 Å². The quantitative estimate of drug-likeness (QED) is 0.910. The van der Waals surface area contributed by atoms with Gasteiger partial charge >= 0.3 is 0 Å². The van der Waals surface area contributed by atoms with Gasteiger partial charge in [-0.2, -0.15) is 5.10 Å². The topological polar surface area (TPSA) is 50.9 Å². The number of aliphatic hydroxyl groups is 1. The zero-order valence-electron chi connectivity index (χ0n) is 9.51. The monoisotopic (exact) mass is 271 g/mol. The molecule has 1 atom stereocenters. The van der Waals surface area contributed by atoms with E-state index in [1.807, 2.05) is 10.7 Å². The Labute approximate surface area is 109 Å². The van der Waals surface area contributed by atoms with E-state index in [1.165, 1.54) is 17.7 Å². The van der Waals surface area contributed by atoms with E-state index in [0.29, 0.717) is 10.8 Å². The van der Waals surface area contributed by atoms with Gasteiger partial charge in [-0.3, -0.25) is 4.68 Å². The summed E-state index contributed by atoms with van der Waals surface area (Å²) in [5.74, 6) is 0.809. The second kappa shape index (κ2) is 5.62. The summed E-state index contributed by atoms with van der Waals surface area (Å²) in [6.45, 7) is 2.91. The van der Waals surface area contributed by atoms with E-state index in [2.05, 4.69) is 17.0 Å². The molecule has 0 aliphatic heterocycles. The number of rotatable bonds is 5. The summed E-state index contributed by atoms with van der Waals surface area (Å²) in [5.41, 5.74) is 0. The molecular formula is C11H14ClN3OS. The Kier molecular flexibility index (Phi) is 4.15. The normalized spacial score (nSPS) is 12.9. The minimum atomic E-state index is -0.563. The van der Waals surface area contributed by atoms with E-state index in [9.17, 15) is 5.11 Å².